The second kappa shape index (κ2) is 5.19. The third-order valence-electron chi connectivity index (χ3n) is 3.22. The Balaban J connectivity index is 1.95. The zero-order valence-electron chi connectivity index (χ0n) is 11.0. The summed E-state index contributed by atoms with van der Waals surface area (Å²) in [5.41, 5.74) is 5.23. The molecule has 1 aromatic heterocycles. The van der Waals surface area contributed by atoms with E-state index in [2.05, 4.69) is 4.98 Å². The van der Waals surface area contributed by atoms with Crippen LogP contribution in [0.4, 0.5) is 5.82 Å². The van der Waals surface area contributed by atoms with Gasteiger partial charge in [0.25, 0.3) is 5.56 Å². The molecule has 2 heterocycles. The Bertz CT molecular complexity index is 831. The van der Waals surface area contributed by atoms with Gasteiger partial charge >= 0.3 is 0 Å². The lowest BCUT2D eigenvalue weighted by atomic mass is 10.4. The number of hydrogen-bond donors (Lipinski definition) is 1. The second-order valence-corrected chi connectivity index (χ2v) is 7.75. The highest BCUT2D eigenvalue weighted by atomic mass is 32.2. The van der Waals surface area contributed by atoms with Crippen LogP contribution < -0.4 is 11.3 Å². The maximum absolute atomic E-state index is 12.4. The third-order valence-corrected chi connectivity index (χ3v) is 6.14. The summed E-state index contributed by atoms with van der Waals surface area (Å²) in [5, 5.41) is 0.480. The summed E-state index contributed by atoms with van der Waals surface area (Å²) in [6.45, 7) is 0. The van der Waals surface area contributed by atoms with Crippen molar-refractivity contribution in [1.29, 1.82) is 0 Å². The number of nitrogens with zero attached hydrogens (tertiary/aromatic N) is 2. The Kier molecular flexibility index (Phi) is 3.50. The molecule has 6 nitrogen and oxygen atoms in total. The Hall–Kier alpha value is -1.80. The summed E-state index contributed by atoms with van der Waals surface area (Å²) >= 11 is 1.35. The fraction of sp³-hybridized carbons (Fsp3) is 0.231. The van der Waals surface area contributed by atoms with Gasteiger partial charge in [-0.25, -0.2) is 13.4 Å². The molecule has 1 aliphatic rings. The van der Waals surface area contributed by atoms with Gasteiger partial charge in [0.2, 0.25) is 0 Å². The number of fused-ring (bicyclic) bond motifs is 1. The van der Waals surface area contributed by atoms with Crippen molar-refractivity contribution in [3.63, 3.8) is 0 Å². The summed E-state index contributed by atoms with van der Waals surface area (Å²) < 4.78 is 26.2. The molecule has 110 valence electrons. The van der Waals surface area contributed by atoms with E-state index < -0.39 is 15.9 Å². The largest absolute Gasteiger partial charge is 0.383 e. The molecular weight excluding hydrogens is 310 g/mol. The molecule has 0 aliphatic carbocycles. The minimum atomic E-state index is -3.45. The molecule has 1 atom stereocenters. The van der Waals surface area contributed by atoms with E-state index in [1.807, 2.05) is 0 Å². The first-order chi connectivity index (χ1) is 9.97. The normalized spacial score (nSPS) is 17.6. The fourth-order valence-electron chi connectivity index (χ4n) is 2.27. The number of thioether (sulfide) groups is 1. The predicted molar refractivity (Wildman–Crippen MR) is 81.2 cm³/mol. The van der Waals surface area contributed by atoms with E-state index in [-0.39, 0.29) is 22.0 Å². The Morgan fingerprint density at radius 2 is 2.05 bits per heavy atom. The Labute approximate surface area is 125 Å². The summed E-state index contributed by atoms with van der Waals surface area (Å²) in [5.74, 6) is 0.533. The molecule has 0 saturated heterocycles. The van der Waals surface area contributed by atoms with Crippen molar-refractivity contribution in [2.24, 2.45) is 0 Å². The van der Waals surface area contributed by atoms with Gasteiger partial charge in [0.05, 0.1) is 16.7 Å². The van der Waals surface area contributed by atoms with Crippen LogP contribution in [0.5, 0.6) is 0 Å². The van der Waals surface area contributed by atoms with Crippen molar-refractivity contribution in [2.45, 2.75) is 16.1 Å². The van der Waals surface area contributed by atoms with Crippen LogP contribution in [0.3, 0.4) is 0 Å². The molecule has 2 N–H and O–H groups in total. The molecule has 0 spiro atoms. The standard InChI is InChI=1S/C13H13N3O3S2/c14-11-6-12(17)16-9(7-20-13(16)15-11)8-21(18,19)10-4-2-1-3-5-10/h1-6,9H,7-8,14H2/t9-/m1/s1. The summed E-state index contributed by atoms with van der Waals surface area (Å²) in [6, 6.07) is 9.03. The van der Waals surface area contributed by atoms with E-state index in [1.165, 1.54) is 22.4 Å². The van der Waals surface area contributed by atoms with Crippen molar-refractivity contribution in [2.75, 3.05) is 17.2 Å². The zero-order chi connectivity index (χ0) is 15.0. The SMILES string of the molecule is Nc1cc(=O)n2c(n1)SC[C@@H]2CS(=O)(=O)c1ccccc1. The lowest BCUT2D eigenvalue weighted by Crippen LogP contribution is -2.29. The highest BCUT2D eigenvalue weighted by Gasteiger charge is 2.30. The molecule has 8 heteroatoms. The minimum Gasteiger partial charge on any atom is -0.383 e. The van der Waals surface area contributed by atoms with Crippen molar-refractivity contribution in [3.05, 3.63) is 46.8 Å². The maximum atomic E-state index is 12.4. The molecule has 0 saturated carbocycles. The fourth-order valence-corrected chi connectivity index (χ4v) is 5.11. The number of rotatable bonds is 3. The van der Waals surface area contributed by atoms with Gasteiger partial charge in [-0.1, -0.05) is 30.0 Å². The minimum absolute atomic E-state index is 0.123. The average Bonchev–Trinajstić information content (AvgIpc) is 2.82. The van der Waals surface area contributed by atoms with Crippen molar-refractivity contribution >= 4 is 27.4 Å². The molecule has 2 aromatic rings. The molecule has 0 radical (unpaired) electrons. The van der Waals surface area contributed by atoms with Crippen LogP contribution in [0.2, 0.25) is 0 Å². The monoisotopic (exact) mass is 323 g/mol. The predicted octanol–water partition coefficient (Wildman–Crippen LogP) is 0.946. The molecule has 0 unspecified atom stereocenters. The first-order valence-electron chi connectivity index (χ1n) is 6.27. The van der Waals surface area contributed by atoms with Gasteiger partial charge in [0, 0.05) is 11.8 Å². The van der Waals surface area contributed by atoms with Crippen LogP contribution >= 0.6 is 11.8 Å². The summed E-state index contributed by atoms with van der Waals surface area (Å²) in [6.07, 6.45) is 0. The number of nitrogens with two attached hydrogens (primary N) is 1. The molecule has 3 rings (SSSR count). The van der Waals surface area contributed by atoms with E-state index in [0.717, 1.165) is 0 Å². The van der Waals surface area contributed by atoms with Crippen molar-refractivity contribution in [1.82, 2.24) is 9.55 Å². The van der Waals surface area contributed by atoms with Crippen LogP contribution in [0.25, 0.3) is 0 Å². The van der Waals surface area contributed by atoms with Crippen LogP contribution in [-0.4, -0.2) is 29.5 Å². The Morgan fingerprint density at radius 1 is 1.33 bits per heavy atom. The zero-order valence-corrected chi connectivity index (χ0v) is 12.6. The van der Waals surface area contributed by atoms with Gasteiger partial charge in [-0.3, -0.25) is 9.36 Å². The molecule has 21 heavy (non-hydrogen) atoms. The lowest BCUT2D eigenvalue weighted by Gasteiger charge is -2.13. The van der Waals surface area contributed by atoms with Gasteiger partial charge in [-0.05, 0) is 12.1 Å². The molecule has 1 aromatic carbocycles. The number of nitrogen functional groups attached to an aromatic ring is 1. The maximum Gasteiger partial charge on any atom is 0.256 e. The smallest absolute Gasteiger partial charge is 0.256 e. The van der Waals surface area contributed by atoms with Crippen molar-refractivity contribution < 1.29 is 8.42 Å². The molecule has 0 fully saturated rings. The van der Waals surface area contributed by atoms with E-state index >= 15 is 0 Å². The van der Waals surface area contributed by atoms with E-state index in [0.29, 0.717) is 10.9 Å². The van der Waals surface area contributed by atoms with E-state index in [4.69, 9.17) is 5.73 Å². The quantitative estimate of drug-likeness (QED) is 0.845. The number of anilines is 1. The average molecular weight is 323 g/mol. The second-order valence-electron chi connectivity index (χ2n) is 4.73. The molecule has 0 amide bonds. The molecule has 1 aliphatic heterocycles. The number of sulfone groups is 1. The van der Waals surface area contributed by atoms with Gasteiger partial charge < -0.3 is 5.73 Å². The summed E-state index contributed by atoms with van der Waals surface area (Å²) in [4.78, 5) is 16.3. The van der Waals surface area contributed by atoms with Crippen molar-refractivity contribution in [3.8, 4) is 0 Å². The van der Waals surface area contributed by atoms with Crippen LogP contribution in [0, 0.1) is 0 Å². The molecular formula is C13H13N3O3S2. The van der Waals surface area contributed by atoms with E-state index in [9.17, 15) is 13.2 Å². The first-order valence-corrected chi connectivity index (χ1v) is 8.91. The van der Waals surface area contributed by atoms with Crippen LogP contribution in [0.1, 0.15) is 6.04 Å². The van der Waals surface area contributed by atoms with Gasteiger partial charge in [-0.2, -0.15) is 0 Å². The topological polar surface area (TPSA) is 95.1 Å². The first kappa shape index (κ1) is 14.2. The molecule has 0 bridgehead atoms. The van der Waals surface area contributed by atoms with E-state index in [1.54, 1.807) is 30.3 Å². The third kappa shape index (κ3) is 2.68. The lowest BCUT2D eigenvalue weighted by molar-refractivity contribution is 0.528. The van der Waals surface area contributed by atoms with Gasteiger partial charge in [0.15, 0.2) is 15.0 Å². The number of benzene rings is 1. The van der Waals surface area contributed by atoms with Crippen LogP contribution in [0.15, 0.2) is 51.2 Å². The number of aromatic nitrogens is 2. The van der Waals surface area contributed by atoms with Gasteiger partial charge in [-0.15, -0.1) is 0 Å². The highest BCUT2D eigenvalue weighted by Crippen LogP contribution is 2.32. The van der Waals surface area contributed by atoms with Gasteiger partial charge in [0.1, 0.15) is 5.82 Å². The number of hydrogen-bond acceptors (Lipinski definition) is 6. The Morgan fingerprint density at radius 3 is 2.76 bits per heavy atom. The van der Waals surface area contributed by atoms with Crippen LogP contribution in [-0.2, 0) is 9.84 Å². The highest BCUT2D eigenvalue weighted by molar-refractivity contribution is 7.99. The summed E-state index contributed by atoms with van der Waals surface area (Å²) in [7, 11) is -3.45.